The van der Waals surface area contributed by atoms with Crippen LogP contribution in [0.5, 0.6) is 5.75 Å². The number of aldehydes is 1. The predicted octanol–water partition coefficient (Wildman–Crippen LogP) is 3.33. The Hall–Kier alpha value is -4.32. The van der Waals surface area contributed by atoms with Gasteiger partial charge in [0, 0.05) is 51.3 Å². The first kappa shape index (κ1) is 31.2. The van der Waals surface area contributed by atoms with Gasteiger partial charge in [0.1, 0.15) is 23.0 Å². The van der Waals surface area contributed by atoms with Crippen LogP contribution in [0.3, 0.4) is 0 Å². The van der Waals surface area contributed by atoms with Gasteiger partial charge in [-0.15, -0.1) is 0 Å². The minimum atomic E-state index is -0.324. The zero-order valence-electron chi connectivity index (χ0n) is 24.5. The van der Waals surface area contributed by atoms with E-state index >= 15 is 0 Å². The molecule has 3 heterocycles. The fourth-order valence-corrected chi connectivity index (χ4v) is 4.84. The summed E-state index contributed by atoms with van der Waals surface area (Å²) >= 11 is 0. The Morgan fingerprint density at radius 2 is 1.93 bits per heavy atom. The maximum Gasteiger partial charge on any atom is 0.275 e. The van der Waals surface area contributed by atoms with E-state index in [1.54, 1.807) is 19.4 Å². The third kappa shape index (κ3) is 7.26. The average Bonchev–Trinajstić information content (AvgIpc) is 3.02. The van der Waals surface area contributed by atoms with Crippen LogP contribution in [-0.2, 0) is 0 Å². The number of rotatable bonds is 11. The van der Waals surface area contributed by atoms with Crippen LogP contribution in [0.4, 0.5) is 17.3 Å². The summed E-state index contributed by atoms with van der Waals surface area (Å²) in [7, 11) is 5.23. The summed E-state index contributed by atoms with van der Waals surface area (Å²) < 4.78 is 5.90. The Morgan fingerprint density at radius 1 is 1.24 bits per heavy atom. The van der Waals surface area contributed by atoms with Crippen molar-refractivity contribution in [2.45, 2.75) is 45.6 Å². The van der Waals surface area contributed by atoms with Crippen LogP contribution >= 0.6 is 0 Å². The highest BCUT2D eigenvalue weighted by Gasteiger charge is 2.25. The first-order chi connectivity index (χ1) is 19.9. The largest absolute Gasteiger partial charge is 0.493 e. The van der Waals surface area contributed by atoms with Crippen molar-refractivity contribution < 1.29 is 9.53 Å². The van der Waals surface area contributed by atoms with Crippen molar-refractivity contribution >= 4 is 29.3 Å². The van der Waals surface area contributed by atoms with E-state index in [-0.39, 0.29) is 11.6 Å². The number of hydrogen-bond donors (Lipinski definition) is 4. The lowest BCUT2D eigenvalue weighted by molar-refractivity contribution is 0.112. The SMILES string of the molecule is CCCC(=N)c1nc(-c2cc(N(C)C3CCN(c4ncc(C=O)cn4)CC3)ccc2OCC)[nH]c(=O)c1NC.CN. The number of ether oxygens (including phenoxy) is 1. The highest BCUT2D eigenvalue weighted by molar-refractivity contribution is 6.01. The van der Waals surface area contributed by atoms with Crippen molar-refractivity contribution in [1.29, 1.82) is 5.41 Å². The summed E-state index contributed by atoms with van der Waals surface area (Å²) in [6.07, 6.45) is 6.95. The number of nitrogens with one attached hydrogen (secondary N) is 3. The maximum atomic E-state index is 13.0. The molecule has 1 aromatic carbocycles. The average molecular weight is 564 g/mol. The predicted molar refractivity (Wildman–Crippen MR) is 164 cm³/mol. The summed E-state index contributed by atoms with van der Waals surface area (Å²) in [5.41, 5.74) is 7.25. The molecule has 5 N–H and O–H groups in total. The van der Waals surface area contributed by atoms with Gasteiger partial charge in [-0.1, -0.05) is 13.3 Å². The van der Waals surface area contributed by atoms with Gasteiger partial charge in [0.15, 0.2) is 6.29 Å². The molecule has 0 spiro atoms. The van der Waals surface area contributed by atoms with E-state index in [0.29, 0.717) is 58.8 Å². The monoisotopic (exact) mass is 563 g/mol. The molecule has 12 nitrogen and oxygen atoms in total. The van der Waals surface area contributed by atoms with Crippen LogP contribution in [0.25, 0.3) is 11.4 Å². The Morgan fingerprint density at radius 3 is 2.51 bits per heavy atom. The molecule has 1 saturated heterocycles. The second-order valence-electron chi connectivity index (χ2n) is 9.49. The van der Waals surface area contributed by atoms with E-state index in [1.807, 2.05) is 32.0 Å². The fourth-order valence-electron chi connectivity index (χ4n) is 4.84. The minimum Gasteiger partial charge on any atom is -0.493 e. The standard InChI is InChI=1S/C28H36N8O3.CH5N/c1-5-7-22(29)24-25(30-3)27(38)34-26(33-24)21-14-20(8-9-23(21)39-6-2)35(4)19-10-12-36(13-11-19)28-31-15-18(17-37)16-32-28;1-2/h8-9,14-17,19,29-30H,5-7,10-13H2,1-4H3,(H,33,34,38);2H2,1H3. The number of aromatic nitrogens is 4. The molecule has 0 amide bonds. The molecule has 1 fully saturated rings. The topological polar surface area (TPSA) is 166 Å². The molecule has 0 aliphatic carbocycles. The van der Waals surface area contributed by atoms with Gasteiger partial charge in [0.25, 0.3) is 5.56 Å². The van der Waals surface area contributed by atoms with E-state index in [1.165, 1.54) is 7.05 Å². The highest BCUT2D eigenvalue weighted by Crippen LogP contribution is 2.34. The molecule has 0 bridgehead atoms. The molecule has 1 aliphatic rings. The second kappa shape index (κ2) is 14.9. The summed E-state index contributed by atoms with van der Waals surface area (Å²) in [4.78, 5) is 44.5. The number of carbonyl (C=O) groups excluding carboxylic acids is 1. The number of H-pyrrole nitrogens is 1. The highest BCUT2D eigenvalue weighted by atomic mass is 16.5. The van der Waals surface area contributed by atoms with Crippen molar-refractivity contribution in [2.24, 2.45) is 5.73 Å². The van der Waals surface area contributed by atoms with Crippen LogP contribution in [-0.4, -0.2) is 78.8 Å². The van der Waals surface area contributed by atoms with Crippen LogP contribution in [0.2, 0.25) is 0 Å². The van der Waals surface area contributed by atoms with Gasteiger partial charge in [0.05, 0.1) is 23.4 Å². The molecule has 0 saturated carbocycles. The van der Waals surface area contributed by atoms with Gasteiger partial charge in [-0.05, 0) is 51.4 Å². The first-order valence-corrected chi connectivity index (χ1v) is 13.9. The van der Waals surface area contributed by atoms with Crippen molar-refractivity contribution in [3.8, 4) is 17.1 Å². The van der Waals surface area contributed by atoms with Gasteiger partial charge in [-0.3, -0.25) is 9.59 Å². The molecule has 1 aliphatic heterocycles. The van der Waals surface area contributed by atoms with Gasteiger partial charge >= 0.3 is 0 Å². The Kier molecular flexibility index (Phi) is 11.3. The number of carbonyl (C=O) groups is 1. The number of piperidine rings is 1. The van der Waals surface area contributed by atoms with Crippen LogP contribution in [0.15, 0.2) is 35.4 Å². The van der Waals surface area contributed by atoms with E-state index in [9.17, 15) is 9.59 Å². The van der Waals surface area contributed by atoms with Crippen LogP contribution < -0.4 is 31.1 Å². The summed E-state index contributed by atoms with van der Waals surface area (Å²) in [6.45, 7) is 5.96. The first-order valence-electron chi connectivity index (χ1n) is 13.9. The number of benzene rings is 1. The summed E-state index contributed by atoms with van der Waals surface area (Å²) in [5, 5.41) is 11.4. The van der Waals surface area contributed by atoms with E-state index < -0.39 is 0 Å². The molecule has 4 rings (SSSR count). The van der Waals surface area contributed by atoms with E-state index in [0.717, 1.165) is 44.3 Å². The van der Waals surface area contributed by atoms with Crippen molar-refractivity contribution in [1.82, 2.24) is 19.9 Å². The molecule has 2 aromatic heterocycles. The zero-order chi connectivity index (χ0) is 29.9. The van der Waals surface area contributed by atoms with Gasteiger partial charge in [-0.25, -0.2) is 15.0 Å². The number of anilines is 3. The maximum absolute atomic E-state index is 13.0. The lowest BCUT2D eigenvalue weighted by atomic mass is 10.0. The van der Waals surface area contributed by atoms with Gasteiger partial charge in [0.2, 0.25) is 5.95 Å². The third-order valence-corrected chi connectivity index (χ3v) is 6.97. The van der Waals surface area contributed by atoms with Crippen molar-refractivity contribution in [3.63, 3.8) is 0 Å². The quantitative estimate of drug-likeness (QED) is 0.201. The number of nitrogens with zero attached hydrogens (tertiary/aromatic N) is 5. The molecule has 0 atom stereocenters. The Labute approximate surface area is 240 Å². The summed E-state index contributed by atoms with van der Waals surface area (Å²) in [5.74, 6) is 1.63. The normalized spacial score (nSPS) is 13.2. The molecule has 12 heteroatoms. The lowest BCUT2D eigenvalue weighted by Gasteiger charge is -2.38. The molecule has 3 aromatic rings. The van der Waals surface area contributed by atoms with Gasteiger partial charge in [-0.2, -0.15) is 0 Å². The number of hydrogen-bond acceptors (Lipinski definition) is 11. The van der Waals surface area contributed by atoms with Crippen molar-refractivity contribution in [2.75, 3.05) is 56.0 Å². The molecular weight excluding hydrogens is 522 g/mol. The molecule has 0 radical (unpaired) electrons. The number of aromatic amines is 1. The molecule has 41 heavy (non-hydrogen) atoms. The Balaban J connectivity index is 0.00000226. The van der Waals surface area contributed by atoms with E-state index in [2.05, 4.69) is 42.8 Å². The molecule has 0 unspecified atom stereocenters. The molecule has 220 valence electrons. The minimum absolute atomic E-state index is 0.285. The van der Waals surface area contributed by atoms with Gasteiger partial charge < -0.3 is 36.0 Å². The third-order valence-electron chi connectivity index (χ3n) is 6.97. The lowest BCUT2D eigenvalue weighted by Crippen LogP contribution is -2.44. The Bertz CT molecular complexity index is 1370. The zero-order valence-corrected chi connectivity index (χ0v) is 24.5. The second-order valence-corrected chi connectivity index (χ2v) is 9.49. The smallest absolute Gasteiger partial charge is 0.275 e. The fraction of sp³-hybridized carbons (Fsp3) is 0.448. The summed E-state index contributed by atoms with van der Waals surface area (Å²) in [6, 6.07) is 6.20. The molecular formula is C29H41N9O3. The number of nitrogens with two attached hydrogens (primary N) is 1. The van der Waals surface area contributed by atoms with E-state index in [4.69, 9.17) is 15.1 Å². The van der Waals surface area contributed by atoms with Crippen molar-refractivity contribution in [3.05, 3.63) is 52.2 Å². The van der Waals surface area contributed by atoms with Crippen LogP contribution in [0.1, 0.15) is 55.6 Å². The van der Waals surface area contributed by atoms with Crippen LogP contribution in [0, 0.1) is 5.41 Å².